The third-order valence-electron chi connectivity index (χ3n) is 5.30. The summed E-state index contributed by atoms with van der Waals surface area (Å²) in [4.78, 5) is 29.2. The second-order valence-electron chi connectivity index (χ2n) is 7.60. The number of aromatic nitrogens is 1. The number of aromatic amines is 1. The Morgan fingerprint density at radius 1 is 1.16 bits per heavy atom. The number of anilines is 1. The van der Waals surface area contributed by atoms with Crippen LogP contribution in [-0.2, 0) is 23.0 Å². The Morgan fingerprint density at radius 3 is 2.59 bits per heavy atom. The van der Waals surface area contributed by atoms with Crippen LogP contribution in [0.25, 0.3) is 0 Å². The molecule has 32 heavy (non-hydrogen) atoms. The molecule has 162 valence electrons. The maximum absolute atomic E-state index is 12.9. The summed E-state index contributed by atoms with van der Waals surface area (Å²) in [5.41, 5.74) is 2.67. The molecule has 0 spiro atoms. The van der Waals surface area contributed by atoms with Crippen LogP contribution in [0.3, 0.4) is 0 Å². The fraction of sp³-hybridized carbons (Fsp3) is 0.174. The van der Waals surface area contributed by atoms with Crippen molar-refractivity contribution in [3.63, 3.8) is 0 Å². The van der Waals surface area contributed by atoms with Gasteiger partial charge < -0.3 is 9.88 Å². The molecule has 0 aliphatic carbocycles. The Labute approximate surface area is 185 Å². The highest BCUT2D eigenvalue weighted by Crippen LogP contribution is 2.21. The molecular weight excluding hydrogens is 428 g/mol. The Hall–Kier alpha value is -3.90. The number of fused-ring (bicyclic) bond motifs is 1. The van der Waals surface area contributed by atoms with Gasteiger partial charge in [-0.05, 0) is 60.5 Å². The predicted octanol–water partition coefficient (Wildman–Crippen LogP) is 2.55. The summed E-state index contributed by atoms with van der Waals surface area (Å²) in [5, 5.41) is 9.07. The number of rotatable bonds is 4. The number of hydrogen-bond acceptors (Lipinski definition) is 5. The number of nitrogens with one attached hydrogen (secondary N) is 2. The number of pyridine rings is 1. The van der Waals surface area contributed by atoms with E-state index in [2.05, 4.69) is 9.71 Å². The quantitative estimate of drug-likeness (QED) is 0.635. The molecule has 4 rings (SSSR count). The van der Waals surface area contributed by atoms with Gasteiger partial charge in [-0.25, -0.2) is 8.42 Å². The molecule has 0 saturated carbocycles. The molecule has 1 aromatic heterocycles. The number of benzene rings is 2. The minimum absolute atomic E-state index is 0.0169. The molecule has 2 heterocycles. The first-order valence-corrected chi connectivity index (χ1v) is 11.4. The van der Waals surface area contributed by atoms with Gasteiger partial charge in [-0.1, -0.05) is 12.1 Å². The highest BCUT2D eigenvalue weighted by molar-refractivity contribution is 7.92. The van der Waals surface area contributed by atoms with Gasteiger partial charge in [-0.2, -0.15) is 5.26 Å². The van der Waals surface area contributed by atoms with Crippen LogP contribution in [0.15, 0.2) is 64.3 Å². The zero-order chi connectivity index (χ0) is 22.9. The minimum Gasteiger partial charge on any atom is -0.334 e. The van der Waals surface area contributed by atoms with E-state index in [1.165, 1.54) is 12.1 Å². The van der Waals surface area contributed by atoms with Gasteiger partial charge >= 0.3 is 0 Å². The van der Waals surface area contributed by atoms with Crippen LogP contribution in [0.5, 0.6) is 0 Å². The summed E-state index contributed by atoms with van der Waals surface area (Å²) >= 11 is 0. The molecule has 0 unspecified atom stereocenters. The van der Waals surface area contributed by atoms with Crippen LogP contribution in [0.1, 0.15) is 32.7 Å². The standard InChI is InChI=1S/C23H20N4O4S/c1-15-3-2-4-20(11-15)32(30,31)26-19-7-5-16(6-8-19)23(29)27-10-9-21-18(14-27)12-17(13-24)22(28)25-21/h2-8,11-12,26H,9-10,14H2,1H3,(H,25,28). The first kappa shape index (κ1) is 21.3. The van der Waals surface area contributed by atoms with Gasteiger partial charge in [-0.15, -0.1) is 0 Å². The molecule has 0 radical (unpaired) electrons. The zero-order valence-corrected chi connectivity index (χ0v) is 18.1. The number of amides is 1. The van der Waals surface area contributed by atoms with Crippen molar-refractivity contribution in [2.24, 2.45) is 0 Å². The molecule has 1 amide bonds. The van der Waals surface area contributed by atoms with E-state index in [0.29, 0.717) is 24.2 Å². The molecule has 9 heteroatoms. The van der Waals surface area contributed by atoms with Crippen LogP contribution in [-0.4, -0.2) is 30.8 Å². The molecular formula is C23H20N4O4S. The SMILES string of the molecule is Cc1cccc(S(=O)(=O)Nc2ccc(C(=O)N3CCc4[nH]c(=O)c(C#N)cc4C3)cc2)c1. The monoisotopic (exact) mass is 448 g/mol. The van der Waals surface area contributed by atoms with E-state index in [9.17, 15) is 18.0 Å². The summed E-state index contributed by atoms with van der Waals surface area (Å²) in [6, 6.07) is 16.2. The van der Waals surface area contributed by atoms with Crippen molar-refractivity contribution < 1.29 is 13.2 Å². The molecule has 8 nitrogen and oxygen atoms in total. The lowest BCUT2D eigenvalue weighted by atomic mass is 10.0. The van der Waals surface area contributed by atoms with Crippen LogP contribution < -0.4 is 10.3 Å². The third-order valence-corrected chi connectivity index (χ3v) is 6.68. The number of carbonyl (C=O) groups is 1. The van der Waals surface area contributed by atoms with Crippen LogP contribution >= 0.6 is 0 Å². The molecule has 2 N–H and O–H groups in total. The smallest absolute Gasteiger partial charge is 0.266 e. The van der Waals surface area contributed by atoms with Crippen molar-refractivity contribution in [2.45, 2.75) is 24.8 Å². The zero-order valence-electron chi connectivity index (χ0n) is 17.3. The van der Waals surface area contributed by atoms with Gasteiger partial charge in [0.1, 0.15) is 11.6 Å². The molecule has 0 fully saturated rings. The number of H-pyrrole nitrogens is 1. The van der Waals surface area contributed by atoms with E-state index in [4.69, 9.17) is 5.26 Å². The van der Waals surface area contributed by atoms with Crippen molar-refractivity contribution in [3.05, 3.63) is 92.9 Å². The first-order chi connectivity index (χ1) is 15.3. The molecule has 0 bridgehead atoms. The van der Waals surface area contributed by atoms with E-state index >= 15 is 0 Å². The fourth-order valence-electron chi connectivity index (χ4n) is 3.62. The van der Waals surface area contributed by atoms with E-state index in [1.807, 2.05) is 19.1 Å². The number of nitriles is 1. The second-order valence-corrected chi connectivity index (χ2v) is 9.29. The first-order valence-electron chi connectivity index (χ1n) is 9.91. The van der Waals surface area contributed by atoms with Crippen LogP contribution in [0.4, 0.5) is 5.69 Å². The molecule has 0 saturated heterocycles. The largest absolute Gasteiger partial charge is 0.334 e. The van der Waals surface area contributed by atoms with E-state index in [1.54, 1.807) is 41.3 Å². The molecule has 0 atom stereocenters. The average Bonchev–Trinajstić information content (AvgIpc) is 2.78. The van der Waals surface area contributed by atoms with E-state index in [-0.39, 0.29) is 22.9 Å². The maximum atomic E-state index is 12.9. The van der Waals surface area contributed by atoms with E-state index < -0.39 is 15.6 Å². The van der Waals surface area contributed by atoms with Gasteiger partial charge in [0.15, 0.2) is 0 Å². The third kappa shape index (κ3) is 4.26. The van der Waals surface area contributed by atoms with Crippen molar-refractivity contribution in [2.75, 3.05) is 11.3 Å². The summed E-state index contributed by atoms with van der Waals surface area (Å²) in [6.45, 7) is 2.52. The Balaban J connectivity index is 1.49. The topological polar surface area (TPSA) is 123 Å². The molecule has 1 aliphatic rings. The Kier molecular flexibility index (Phi) is 5.55. The molecule has 3 aromatic rings. The normalized spacial score (nSPS) is 13.2. The Bertz CT molecular complexity index is 1400. The van der Waals surface area contributed by atoms with Gasteiger partial charge in [-0.3, -0.25) is 14.3 Å². The number of aryl methyl sites for hydroxylation is 1. The van der Waals surface area contributed by atoms with Crippen molar-refractivity contribution in [3.8, 4) is 6.07 Å². The average molecular weight is 449 g/mol. The summed E-state index contributed by atoms with van der Waals surface area (Å²) in [7, 11) is -3.73. The second kappa shape index (κ2) is 8.32. The van der Waals surface area contributed by atoms with Gasteiger partial charge in [0.25, 0.3) is 21.5 Å². The Morgan fingerprint density at radius 2 is 1.91 bits per heavy atom. The summed E-state index contributed by atoms with van der Waals surface area (Å²) in [6.07, 6.45) is 0.483. The number of carbonyl (C=O) groups excluding carboxylic acids is 1. The van der Waals surface area contributed by atoms with E-state index in [0.717, 1.165) is 16.8 Å². The van der Waals surface area contributed by atoms with Gasteiger partial charge in [0.2, 0.25) is 0 Å². The maximum Gasteiger partial charge on any atom is 0.266 e. The summed E-state index contributed by atoms with van der Waals surface area (Å²) in [5.74, 6) is -0.214. The summed E-state index contributed by atoms with van der Waals surface area (Å²) < 4.78 is 27.7. The lowest BCUT2D eigenvalue weighted by molar-refractivity contribution is 0.0733. The lowest BCUT2D eigenvalue weighted by Gasteiger charge is -2.28. The molecule has 1 aliphatic heterocycles. The number of sulfonamides is 1. The molecule has 2 aromatic carbocycles. The number of hydrogen-bond donors (Lipinski definition) is 2. The fourth-order valence-corrected chi connectivity index (χ4v) is 4.79. The highest BCUT2D eigenvalue weighted by Gasteiger charge is 2.23. The predicted molar refractivity (Wildman–Crippen MR) is 119 cm³/mol. The van der Waals surface area contributed by atoms with Gasteiger partial charge in [0, 0.05) is 36.5 Å². The highest BCUT2D eigenvalue weighted by atomic mass is 32.2. The van der Waals surface area contributed by atoms with Crippen LogP contribution in [0.2, 0.25) is 0 Å². The van der Waals surface area contributed by atoms with Crippen LogP contribution in [0, 0.1) is 18.3 Å². The lowest BCUT2D eigenvalue weighted by Crippen LogP contribution is -2.37. The van der Waals surface area contributed by atoms with Crippen molar-refractivity contribution >= 4 is 21.6 Å². The van der Waals surface area contributed by atoms with Crippen molar-refractivity contribution in [1.82, 2.24) is 9.88 Å². The number of nitrogens with zero attached hydrogens (tertiary/aromatic N) is 2. The van der Waals surface area contributed by atoms with Crippen molar-refractivity contribution in [1.29, 1.82) is 5.26 Å². The minimum atomic E-state index is -3.73. The van der Waals surface area contributed by atoms with Gasteiger partial charge in [0.05, 0.1) is 4.90 Å².